The normalized spacial score (nSPS) is 16.6. The van der Waals surface area contributed by atoms with E-state index in [1.807, 2.05) is 13.8 Å². The van der Waals surface area contributed by atoms with E-state index in [1.165, 1.54) is 0 Å². The molecule has 0 aromatic heterocycles. The molecule has 1 amide bonds. The second kappa shape index (κ2) is 8.92. The Morgan fingerprint density at radius 1 is 1.30 bits per heavy atom. The molecule has 0 atom stereocenters. The maximum Gasteiger partial charge on any atom is 0.306 e. The monoisotopic (exact) mass is 286 g/mol. The molecule has 0 aromatic carbocycles. The minimum absolute atomic E-state index is 0.0900. The lowest BCUT2D eigenvalue weighted by Gasteiger charge is -2.32. The van der Waals surface area contributed by atoms with E-state index < -0.39 is 5.97 Å². The van der Waals surface area contributed by atoms with Crippen LogP contribution in [0.25, 0.3) is 0 Å². The lowest BCUT2D eigenvalue weighted by atomic mass is 9.97. The van der Waals surface area contributed by atoms with Crippen molar-refractivity contribution in [2.45, 2.75) is 26.7 Å². The van der Waals surface area contributed by atoms with Crippen LogP contribution in [-0.4, -0.2) is 72.7 Å². The molecule has 20 heavy (non-hydrogen) atoms. The van der Waals surface area contributed by atoms with E-state index in [1.54, 1.807) is 4.90 Å². The van der Waals surface area contributed by atoms with Gasteiger partial charge in [-0.1, -0.05) is 6.92 Å². The van der Waals surface area contributed by atoms with E-state index in [2.05, 4.69) is 4.90 Å². The van der Waals surface area contributed by atoms with Crippen LogP contribution in [0.4, 0.5) is 0 Å². The Morgan fingerprint density at radius 3 is 2.45 bits per heavy atom. The molecule has 0 spiro atoms. The first-order valence-electron chi connectivity index (χ1n) is 7.39. The molecule has 0 bridgehead atoms. The van der Waals surface area contributed by atoms with Gasteiger partial charge in [0.05, 0.1) is 19.1 Å². The zero-order valence-corrected chi connectivity index (χ0v) is 12.5. The molecule has 1 aliphatic heterocycles. The van der Waals surface area contributed by atoms with Crippen LogP contribution in [0.1, 0.15) is 26.7 Å². The van der Waals surface area contributed by atoms with Gasteiger partial charge in [0, 0.05) is 26.2 Å². The van der Waals surface area contributed by atoms with E-state index in [0.717, 1.165) is 13.1 Å². The fraction of sp³-hybridized carbons (Fsp3) is 0.857. The number of carboxylic acid groups (broad SMARTS) is 1. The van der Waals surface area contributed by atoms with Crippen molar-refractivity contribution in [1.29, 1.82) is 0 Å². The predicted octanol–water partition coefficient (Wildman–Crippen LogP) is 0.668. The number of carbonyl (C=O) groups is 2. The number of carbonyl (C=O) groups excluding carboxylic acids is 1. The molecule has 0 saturated carbocycles. The van der Waals surface area contributed by atoms with Gasteiger partial charge in [0.15, 0.2) is 0 Å². The molecule has 1 N–H and O–H groups in total. The topological polar surface area (TPSA) is 70.1 Å². The molecule has 1 heterocycles. The number of aliphatic carboxylic acids is 1. The quantitative estimate of drug-likeness (QED) is 0.664. The number of hydrogen-bond acceptors (Lipinski definition) is 4. The van der Waals surface area contributed by atoms with Crippen molar-refractivity contribution in [2.75, 3.05) is 45.9 Å². The maximum atomic E-state index is 12.2. The van der Waals surface area contributed by atoms with Gasteiger partial charge in [0.25, 0.3) is 0 Å². The van der Waals surface area contributed by atoms with Gasteiger partial charge in [-0.3, -0.25) is 14.5 Å². The largest absolute Gasteiger partial charge is 0.481 e. The maximum absolute atomic E-state index is 12.2. The Labute approximate surface area is 120 Å². The van der Waals surface area contributed by atoms with Crippen molar-refractivity contribution in [3.05, 3.63) is 0 Å². The Balaban J connectivity index is 2.32. The highest BCUT2D eigenvalue weighted by Crippen LogP contribution is 2.17. The minimum atomic E-state index is -0.746. The van der Waals surface area contributed by atoms with E-state index >= 15 is 0 Å². The number of carboxylic acids is 1. The van der Waals surface area contributed by atoms with Crippen LogP contribution in [0.5, 0.6) is 0 Å². The van der Waals surface area contributed by atoms with E-state index in [0.29, 0.717) is 45.7 Å². The number of rotatable bonds is 8. The predicted molar refractivity (Wildman–Crippen MR) is 75.5 cm³/mol. The van der Waals surface area contributed by atoms with Gasteiger partial charge in [0.1, 0.15) is 0 Å². The molecule has 0 aromatic rings. The minimum Gasteiger partial charge on any atom is -0.481 e. The molecular weight excluding hydrogens is 260 g/mol. The molecule has 1 rings (SSSR count). The summed E-state index contributed by atoms with van der Waals surface area (Å²) < 4.78 is 5.30. The summed E-state index contributed by atoms with van der Waals surface area (Å²) in [7, 11) is 0. The Bertz CT molecular complexity index is 314. The van der Waals surface area contributed by atoms with Gasteiger partial charge in [-0.05, 0) is 26.3 Å². The molecule has 6 heteroatoms. The third kappa shape index (κ3) is 5.46. The summed E-state index contributed by atoms with van der Waals surface area (Å²) >= 11 is 0. The number of nitrogens with zero attached hydrogens (tertiary/aromatic N) is 2. The van der Waals surface area contributed by atoms with Gasteiger partial charge in [-0.2, -0.15) is 0 Å². The van der Waals surface area contributed by atoms with Gasteiger partial charge < -0.3 is 14.7 Å². The molecule has 0 aliphatic carbocycles. The van der Waals surface area contributed by atoms with Crippen LogP contribution in [0.15, 0.2) is 0 Å². The Kier molecular flexibility index (Phi) is 7.54. The van der Waals surface area contributed by atoms with Crippen LogP contribution >= 0.6 is 0 Å². The van der Waals surface area contributed by atoms with Crippen molar-refractivity contribution in [2.24, 2.45) is 5.92 Å². The third-order valence-corrected chi connectivity index (χ3v) is 3.76. The molecule has 1 saturated heterocycles. The van der Waals surface area contributed by atoms with Gasteiger partial charge in [-0.15, -0.1) is 0 Å². The van der Waals surface area contributed by atoms with Crippen molar-refractivity contribution in [3.63, 3.8) is 0 Å². The van der Waals surface area contributed by atoms with Crippen molar-refractivity contribution in [3.8, 4) is 0 Å². The summed E-state index contributed by atoms with van der Waals surface area (Å²) in [6, 6.07) is 0. The number of ether oxygens (including phenoxy) is 1. The van der Waals surface area contributed by atoms with Crippen LogP contribution in [-0.2, 0) is 14.3 Å². The highest BCUT2D eigenvalue weighted by molar-refractivity contribution is 5.79. The van der Waals surface area contributed by atoms with Gasteiger partial charge in [-0.25, -0.2) is 0 Å². The lowest BCUT2D eigenvalue weighted by Crippen LogP contribution is -2.45. The van der Waals surface area contributed by atoms with Gasteiger partial charge >= 0.3 is 5.97 Å². The zero-order valence-electron chi connectivity index (χ0n) is 12.5. The van der Waals surface area contributed by atoms with Crippen LogP contribution in [0.3, 0.4) is 0 Å². The number of piperidine rings is 1. The van der Waals surface area contributed by atoms with Gasteiger partial charge in [0.2, 0.25) is 5.91 Å². The van der Waals surface area contributed by atoms with Crippen molar-refractivity contribution in [1.82, 2.24) is 9.80 Å². The summed E-state index contributed by atoms with van der Waals surface area (Å²) in [5, 5.41) is 8.94. The number of hydrogen-bond donors (Lipinski definition) is 1. The Morgan fingerprint density at radius 2 is 1.95 bits per heavy atom. The smallest absolute Gasteiger partial charge is 0.306 e. The van der Waals surface area contributed by atoms with E-state index in [-0.39, 0.29) is 11.8 Å². The zero-order chi connectivity index (χ0) is 15.0. The fourth-order valence-electron chi connectivity index (χ4n) is 2.35. The average Bonchev–Trinajstić information content (AvgIpc) is 2.46. The summed E-state index contributed by atoms with van der Waals surface area (Å²) in [6.07, 6.45) is 1.12. The standard InChI is InChI=1S/C14H26N2O4/c1-3-15(9-10-20-4-2)11-13(17)16-7-5-12(6-8-16)14(18)19/h12H,3-11H2,1-2H3,(H,18,19). The highest BCUT2D eigenvalue weighted by atomic mass is 16.5. The fourth-order valence-corrected chi connectivity index (χ4v) is 2.35. The molecule has 0 unspecified atom stereocenters. The van der Waals surface area contributed by atoms with E-state index in [9.17, 15) is 9.59 Å². The first-order valence-corrected chi connectivity index (χ1v) is 7.39. The molecule has 6 nitrogen and oxygen atoms in total. The molecule has 116 valence electrons. The lowest BCUT2D eigenvalue weighted by molar-refractivity contribution is -0.146. The van der Waals surface area contributed by atoms with Crippen molar-refractivity contribution < 1.29 is 19.4 Å². The molecule has 0 radical (unpaired) electrons. The highest BCUT2D eigenvalue weighted by Gasteiger charge is 2.27. The van der Waals surface area contributed by atoms with Crippen LogP contribution < -0.4 is 0 Å². The summed E-state index contributed by atoms with van der Waals surface area (Å²) in [6.45, 7) is 8.36. The van der Waals surface area contributed by atoms with E-state index in [4.69, 9.17) is 9.84 Å². The first-order chi connectivity index (χ1) is 9.58. The second-order valence-electron chi connectivity index (χ2n) is 5.06. The third-order valence-electron chi connectivity index (χ3n) is 3.76. The molecule has 1 aliphatic rings. The summed E-state index contributed by atoms with van der Waals surface area (Å²) in [5.41, 5.74) is 0. The summed E-state index contributed by atoms with van der Waals surface area (Å²) in [5.74, 6) is -0.949. The van der Waals surface area contributed by atoms with Crippen LogP contribution in [0.2, 0.25) is 0 Å². The second-order valence-corrected chi connectivity index (χ2v) is 5.06. The number of likely N-dealkylation sites (tertiary alicyclic amines) is 1. The Hall–Kier alpha value is -1.14. The molecular formula is C14H26N2O4. The first kappa shape index (κ1) is 16.9. The average molecular weight is 286 g/mol. The van der Waals surface area contributed by atoms with Crippen LogP contribution in [0, 0.1) is 5.92 Å². The number of amides is 1. The molecule has 1 fully saturated rings. The SMILES string of the molecule is CCOCCN(CC)CC(=O)N1CCC(C(=O)O)CC1. The number of likely N-dealkylation sites (N-methyl/N-ethyl adjacent to an activating group) is 1. The van der Waals surface area contributed by atoms with Crippen molar-refractivity contribution >= 4 is 11.9 Å². The summed E-state index contributed by atoms with van der Waals surface area (Å²) in [4.78, 5) is 26.9.